The smallest absolute Gasteiger partial charge is 0.0450 e. The van der Waals surface area contributed by atoms with Crippen molar-refractivity contribution >= 4 is 0 Å². The molecule has 3 unspecified atom stereocenters. The molecule has 0 saturated carbocycles. The molecule has 1 aromatic rings. The first kappa shape index (κ1) is 16.2. The molecule has 0 saturated heterocycles. The molecule has 0 fully saturated rings. The zero-order chi connectivity index (χ0) is 14.6. The molecule has 3 atom stereocenters. The molecule has 0 aliphatic carbocycles. The SMILES string of the molecule is CCc1ccc(C(N)C(C)N(C)C(C)C(C)C)cc1. The second kappa shape index (κ2) is 7.06. The van der Waals surface area contributed by atoms with E-state index in [2.05, 4.69) is 70.8 Å². The van der Waals surface area contributed by atoms with Crippen LogP contribution >= 0.6 is 0 Å². The number of nitrogens with two attached hydrogens (primary N) is 1. The average Bonchev–Trinajstić information content (AvgIpc) is 2.44. The Hall–Kier alpha value is -0.860. The van der Waals surface area contributed by atoms with Gasteiger partial charge in [-0.2, -0.15) is 0 Å². The van der Waals surface area contributed by atoms with Crippen molar-refractivity contribution in [3.63, 3.8) is 0 Å². The van der Waals surface area contributed by atoms with Crippen LogP contribution in [0.4, 0.5) is 0 Å². The molecular formula is C17H30N2. The van der Waals surface area contributed by atoms with E-state index in [9.17, 15) is 0 Å². The highest BCUT2D eigenvalue weighted by Crippen LogP contribution is 2.22. The van der Waals surface area contributed by atoms with Crippen molar-refractivity contribution in [2.24, 2.45) is 11.7 Å². The quantitative estimate of drug-likeness (QED) is 0.848. The van der Waals surface area contributed by atoms with E-state index < -0.39 is 0 Å². The molecule has 2 N–H and O–H groups in total. The van der Waals surface area contributed by atoms with Crippen LogP contribution in [0, 0.1) is 5.92 Å². The van der Waals surface area contributed by atoms with Crippen molar-refractivity contribution in [2.75, 3.05) is 7.05 Å². The molecule has 2 nitrogen and oxygen atoms in total. The Morgan fingerprint density at radius 3 is 1.95 bits per heavy atom. The van der Waals surface area contributed by atoms with Crippen molar-refractivity contribution in [1.29, 1.82) is 0 Å². The lowest BCUT2D eigenvalue weighted by molar-refractivity contribution is 0.139. The molecule has 0 amide bonds. The van der Waals surface area contributed by atoms with Gasteiger partial charge in [-0.05, 0) is 44.4 Å². The van der Waals surface area contributed by atoms with Crippen LogP contribution in [0.5, 0.6) is 0 Å². The van der Waals surface area contributed by atoms with E-state index in [1.165, 1.54) is 11.1 Å². The summed E-state index contributed by atoms with van der Waals surface area (Å²) in [5.74, 6) is 0.641. The topological polar surface area (TPSA) is 29.3 Å². The van der Waals surface area contributed by atoms with Gasteiger partial charge in [0, 0.05) is 18.1 Å². The summed E-state index contributed by atoms with van der Waals surface area (Å²) in [4.78, 5) is 2.39. The van der Waals surface area contributed by atoms with Gasteiger partial charge in [-0.15, -0.1) is 0 Å². The zero-order valence-corrected chi connectivity index (χ0v) is 13.4. The Morgan fingerprint density at radius 1 is 1.00 bits per heavy atom. The van der Waals surface area contributed by atoms with Gasteiger partial charge in [-0.3, -0.25) is 4.90 Å². The molecule has 0 heterocycles. The minimum absolute atomic E-state index is 0.0668. The fraction of sp³-hybridized carbons (Fsp3) is 0.647. The number of rotatable bonds is 6. The molecule has 19 heavy (non-hydrogen) atoms. The lowest BCUT2D eigenvalue weighted by atomic mass is 9.96. The van der Waals surface area contributed by atoms with Crippen LogP contribution in [0.15, 0.2) is 24.3 Å². The van der Waals surface area contributed by atoms with Crippen LogP contribution in [0.25, 0.3) is 0 Å². The van der Waals surface area contributed by atoms with Crippen LogP contribution in [-0.2, 0) is 6.42 Å². The first-order valence-corrected chi connectivity index (χ1v) is 7.44. The van der Waals surface area contributed by atoms with Gasteiger partial charge in [-0.1, -0.05) is 45.0 Å². The highest BCUT2D eigenvalue weighted by atomic mass is 15.2. The van der Waals surface area contributed by atoms with Crippen LogP contribution < -0.4 is 5.73 Å². The highest BCUT2D eigenvalue weighted by Gasteiger charge is 2.24. The second-order valence-electron chi connectivity index (χ2n) is 6.01. The van der Waals surface area contributed by atoms with Crippen LogP contribution in [0.1, 0.15) is 51.8 Å². The maximum atomic E-state index is 6.43. The Kier molecular flexibility index (Phi) is 6.02. The summed E-state index contributed by atoms with van der Waals surface area (Å²) in [7, 11) is 2.18. The standard InChI is InChI=1S/C17H30N2/c1-7-15-8-10-16(11-9-15)17(18)14(5)19(6)13(4)12(2)3/h8-14,17H,7,18H2,1-6H3. The average molecular weight is 262 g/mol. The summed E-state index contributed by atoms with van der Waals surface area (Å²) in [5.41, 5.74) is 9.02. The van der Waals surface area contributed by atoms with E-state index in [-0.39, 0.29) is 6.04 Å². The van der Waals surface area contributed by atoms with Crippen molar-refractivity contribution in [3.8, 4) is 0 Å². The Labute approximate surface area is 119 Å². The molecule has 2 heteroatoms. The van der Waals surface area contributed by atoms with Gasteiger partial charge < -0.3 is 5.73 Å². The van der Waals surface area contributed by atoms with Crippen LogP contribution in [0.2, 0.25) is 0 Å². The normalized spacial score (nSPS) is 16.7. The summed E-state index contributed by atoms with van der Waals surface area (Å²) in [6.07, 6.45) is 1.08. The molecule has 1 aromatic carbocycles. The number of benzene rings is 1. The Balaban J connectivity index is 2.77. The number of nitrogens with zero attached hydrogens (tertiary/aromatic N) is 1. The molecule has 0 aliphatic rings. The van der Waals surface area contributed by atoms with Crippen LogP contribution in [0.3, 0.4) is 0 Å². The highest BCUT2D eigenvalue weighted by molar-refractivity contribution is 5.25. The number of aryl methyl sites for hydroxylation is 1. The lowest BCUT2D eigenvalue weighted by Crippen LogP contribution is -2.45. The third kappa shape index (κ3) is 4.05. The Morgan fingerprint density at radius 2 is 1.53 bits per heavy atom. The second-order valence-corrected chi connectivity index (χ2v) is 6.01. The predicted molar refractivity (Wildman–Crippen MR) is 84.3 cm³/mol. The molecule has 0 bridgehead atoms. The predicted octanol–water partition coefficient (Wildman–Crippen LogP) is 3.61. The Bertz CT molecular complexity index is 369. The largest absolute Gasteiger partial charge is 0.323 e. The van der Waals surface area contributed by atoms with Crippen molar-refractivity contribution in [3.05, 3.63) is 35.4 Å². The maximum absolute atomic E-state index is 6.43. The van der Waals surface area contributed by atoms with Gasteiger partial charge in [0.25, 0.3) is 0 Å². The van der Waals surface area contributed by atoms with E-state index in [0.29, 0.717) is 18.0 Å². The van der Waals surface area contributed by atoms with E-state index in [1.807, 2.05) is 0 Å². The zero-order valence-electron chi connectivity index (χ0n) is 13.4. The first-order chi connectivity index (χ1) is 8.88. The lowest BCUT2D eigenvalue weighted by Gasteiger charge is -2.36. The van der Waals surface area contributed by atoms with E-state index in [1.54, 1.807) is 0 Å². The summed E-state index contributed by atoms with van der Waals surface area (Å²) < 4.78 is 0. The van der Waals surface area contributed by atoms with Gasteiger partial charge in [-0.25, -0.2) is 0 Å². The van der Waals surface area contributed by atoms with Gasteiger partial charge in [0.1, 0.15) is 0 Å². The first-order valence-electron chi connectivity index (χ1n) is 7.44. The third-order valence-corrected chi connectivity index (χ3v) is 4.54. The third-order valence-electron chi connectivity index (χ3n) is 4.54. The number of hydrogen-bond acceptors (Lipinski definition) is 2. The molecular weight excluding hydrogens is 232 g/mol. The van der Waals surface area contributed by atoms with E-state index >= 15 is 0 Å². The molecule has 108 valence electrons. The summed E-state index contributed by atoms with van der Waals surface area (Å²) in [5, 5.41) is 0. The fourth-order valence-electron chi connectivity index (χ4n) is 2.35. The van der Waals surface area contributed by atoms with Crippen molar-refractivity contribution in [1.82, 2.24) is 4.90 Å². The van der Waals surface area contributed by atoms with E-state index in [0.717, 1.165) is 6.42 Å². The minimum Gasteiger partial charge on any atom is -0.323 e. The van der Waals surface area contributed by atoms with Gasteiger partial charge >= 0.3 is 0 Å². The maximum Gasteiger partial charge on any atom is 0.0450 e. The molecule has 0 aromatic heterocycles. The van der Waals surface area contributed by atoms with Crippen LogP contribution in [-0.4, -0.2) is 24.0 Å². The minimum atomic E-state index is 0.0668. The monoisotopic (exact) mass is 262 g/mol. The summed E-state index contributed by atoms with van der Waals surface area (Å²) in [6, 6.07) is 9.67. The molecule has 0 spiro atoms. The molecule has 0 radical (unpaired) electrons. The fourth-order valence-corrected chi connectivity index (χ4v) is 2.35. The van der Waals surface area contributed by atoms with Gasteiger partial charge in [0.05, 0.1) is 0 Å². The van der Waals surface area contributed by atoms with Crippen molar-refractivity contribution < 1.29 is 0 Å². The van der Waals surface area contributed by atoms with Gasteiger partial charge in [0.15, 0.2) is 0 Å². The molecule has 0 aliphatic heterocycles. The molecule has 1 rings (SSSR count). The van der Waals surface area contributed by atoms with Gasteiger partial charge in [0.2, 0.25) is 0 Å². The summed E-state index contributed by atoms with van der Waals surface area (Å²) in [6.45, 7) is 11.2. The van der Waals surface area contributed by atoms with Crippen molar-refractivity contribution in [2.45, 2.75) is 59.2 Å². The summed E-state index contributed by atoms with van der Waals surface area (Å²) >= 11 is 0. The number of hydrogen-bond donors (Lipinski definition) is 1. The van der Waals surface area contributed by atoms with E-state index in [4.69, 9.17) is 5.73 Å². The number of likely N-dealkylation sites (N-methyl/N-ethyl adjacent to an activating group) is 1.